The number of benzene rings is 2. The van der Waals surface area contributed by atoms with Crippen molar-refractivity contribution in [3.05, 3.63) is 54.1 Å². The lowest BCUT2D eigenvalue weighted by atomic mass is 9.87. The highest BCUT2D eigenvalue weighted by atomic mass is 32.2. The van der Waals surface area contributed by atoms with Crippen LogP contribution in [0, 0.1) is 0 Å². The summed E-state index contributed by atoms with van der Waals surface area (Å²) in [6.45, 7) is 13.2. The summed E-state index contributed by atoms with van der Waals surface area (Å²) >= 11 is 1.39. The van der Waals surface area contributed by atoms with E-state index in [9.17, 15) is 0 Å². The van der Waals surface area contributed by atoms with Crippen molar-refractivity contribution in [2.24, 2.45) is 0 Å². The monoisotopic (exact) mass is 512 g/mol. The molecule has 36 heavy (non-hydrogen) atoms. The summed E-state index contributed by atoms with van der Waals surface area (Å²) in [7, 11) is 1.58. The van der Waals surface area contributed by atoms with Crippen LogP contribution in [-0.2, 0) is 10.2 Å². The molecule has 0 amide bonds. The molecule has 0 atom stereocenters. The lowest BCUT2D eigenvalue weighted by Crippen LogP contribution is -2.22. The van der Waals surface area contributed by atoms with E-state index in [0.29, 0.717) is 29.7 Å². The van der Waals surface area contributed by atoms with E-state index in [1.807, 2.05) is 39.0 Å². The van der Waals surface area contributed by atoms with Gasteiger partial charge in [-0.2, -0.15) is 9.97 Å². The largest absolute Gasteiger partial charge is 0.493 e. The van der Waals surface area contributed by atoms with Gasteiger partial charge in [0.15, 0.2) is 17.3 Å². The molecule has 8 nitrogen and oxygen atoms in total. The first-order chi connectivity index (χ1) is 17.0. The Bertz CT molecular complexity index is 1140. The number of nitrogens with one attached hydrogen (secondary N) is 1. The molecule has 3 aromatic rings. The molecule has 0 saturated heterocycles. The SMILES string of the molecule is COc1ccccc1Oc1c(NSc2ccc(C(C)(C)C)cc2)nc(N)nc1OCCOC(C)(C)C. The van der Waals surface area contributed by atoms with Crippen LogP contribution in [-0.4, -0.2) is 35.9 Å². The average molecular weight is 513 g/mol. The standard InChI is InChI=1S/C27H36N4O4S/c1-26(2,3)18-12-14-19(15-13-18)36-31-23-22(35-21-11-9-8-10-20(21)32-7)24(30-25(28)29-23)33-16-17-34-27(4,5)6/h8-15H,16-17H2,1-7H3,(H3,28,29,30,31). The molecule has 0 radical (unpaired) electrons. The second-order valence-electron chi connectivity index (χ2n) is 10.1. The van der Waals surface area contributed by atoms with Crippen molar-refractivity contribution < 1.29 is 18.9 Å². The van der Waals surface area contributed by atoms with Crippen molar-refractivity contribution >= 4 is 23.7 Å². The van der Waals surface area contributed by atoms with E-state index < -0.39 is 0 Å². The quantitative estimate of drug-likeness (QED) is 0.234. The number of hydrogen-bond donors (Lipinski definition) is 2. The molecule has 0 bridgehead atoms. The minimum absolute atomic E-state index is 0.0558. The van der Waals surface area contributed by atoms with E-state index in [1.54, 1.807) is 13.2 Å². The molecule has 9 heteroatoms. The number of aromatic nitrogens is 2. The van der Waals surface area contributed by atoms with Crippen molar-refractivity contribution in [1.29, 1.82) is 0 Å². The lowest BCUT2D eigenvalue weighted by Gasteiger charge is -2.20. The molecular weight excluding hydrogens is 476 g/mol. The Labute approximate surface area is 218 Å². The molecule has 0 aliphatic carbocycles. The van der Waals surface area contributed by atoms with Gasteiger partial charge in [0, 0.05) is 4.90 Å². The minimum atomic E-state index is -0.281. The predicted octanol–water partition coefficient (Wildman–Crippen LogP) is 6.47. The first kappa shape index (κ1) is 27.4. The smallest absolute Gasteiger partial charge is 0.265 e. The first-order valence-corrected chi connectivity index (χ1v) is 12.6. The Morgan fingerprint density at radius 3 is 2.17 bits per heavy atom. The minimum Gasteiger partial charge on any atom is -0.493 e. The molecular formula is C27H36N4O4S. The van der Waals surface area contributed by atoms with Gasteiger partial charge in [0.25, 0.3) is 5.88 Å². The molecule has 1 heterocycles. The molecule has 0 aliphatic rings. The highest BCUT2D eigenvalue weighted by molar-refractivity contribution is 8.00. The average Bonchev–Trinajstić information content (AvgIpc) is 2.81. The van der Waals surface area contributed by atoms with E-state index in [0.717, 1.165) is 4.90 Å². The maximum atomic E-state index is 6.22. The molecule has 0 aliphatic heterocycles. The third kappa shape index (κ3) is 7.93. The van der Waals surface area contributed by atoms with E-state index in [4.69, 9.17) is 24.7 Å². The van der Waals surface area contributed by atoms with Gasteiger partial charge in [-0.05, 0) is 68.0 Å². The molecule has 3 rings (SSSR count). The molecule has 0 saturated carbocycles. The van der Waals surface area contributed by atoms with Crippen LogP contribution in [0.4, 0.5) is 11.8 Å². The maximum absolute atomic E-state index is 6.22. The van der Waals surface area contributed by atoms with Gasteiger partial charge in [-0.15, -0.1) is 0 Å². The van der Waals surface area contributed by atoms with Gasteiger partial charge in [-0.3, -0.25) is 0 Å². The summed E-state index contributed by atoms with van der Waals surface area (Å²) in [4.78, 5) is 9.67. The van der Waals surface area contributed by atoms with E-state index in [2.05, 4.69) is 59.7 Å². The number of nitrogens with zero attached hydrogens (tertiary/aromatic N) is 2. The van der Waals surface area contributed by atoms with Gasteiger partial charge in [0.1, 0.15) is 6.61 Å². The highest BCUT2D eigenvalue weighted by Gasteiger charge is 2.21. The zero-order valence-corrected chi connectivity index (χ0v) is 22.9. The number of nitrogens with two attached hydrogens (primary N) is 1. The molecule has 3 N–H and O–H groups in total. The van der Waals surface area contributed by atoms with Crippen LogP contribution in [0.25, 0.3) is 0 Å². The van der Waals surface area contributed by atoms with Crippen LogP contribution in [0.1, 0.15) is 47.1 Å². The van der Waals surface area contributed by atoms with Crippen molar-refractivity contribution in [1.82, 2.24) is 9.97 Å². The van der Waals surface area contributed by atoms with Gasteiger partial charge in [-0.25, -0.2) is 0 Å². The van der Waals surface area contributed by atoms with E-state index >= 15 is 0 Å². The second kappa shape index (κ2) is 11.7. The van der Waals surface area contributed by atoms with Gasteiger partial charge in [-0.1, -0.05) is 45.0 Å². The number of ether oxygens (including phenoxy) is 4. The molecule has 0 spiro atoms. The van der Waals surface area contributed by atoms with E-state index in [-0.39, 0.29) is 29.5 Å². The maximum Gasteiger partial charge on any atom is 0.265 e. The van der Waals surface area contributed by atoms with Gasteiger partial charge in [0.05, 0.1) is 19.3 Å². The molecule has 0 unspecified atom stereocenters. The summed E-state index contributed by atoms with van der Waals surface area (Å²) in [5.74, 6) is 1.99. The molecule has 194 valence electrons. The topological polar surface area (TPSA) is 101 Å². The Hall–Kier alpha value is -3.17. The van der Waals surface area contributed by atoms with Crippen molar-refractivity contribution in [3.63, 3.8) is 0 Å². The summed E-state index contributed by atoms with van der Waals surface area (Å²) in [6, 6.07) is 15.7. The summed E-state index contributed by atoms with van der Waals surface area (Å²) in [5, 5.41) is 0. The molecule has 2 aromatic carbocycles. The first-order valence-electron chi connectivity index (χ1n) is 11.7. The summed E-state index contributed by atoms with van der Waals surface area (Å²) in [6.07, 6.45) is 0. The van der Waals surface area contributed by atoms with Gasteiger partial charge < -0.3 is 29.4 Å². The number of anilines is 2. The van der Waals surface area contributed by atoms with Crippen LogP contribution in [0.2, 0.25) is 0 Å². The number of rotatable bonds is 10. The Morgan fingerprint density at radius 2 is 1.56 bits per heavy atom. The predicted molar refractivity (Wildman–Crippen MR) is 145 cm³/mol. The number of nitrogen functional groups attached to an aromatic ring is 1. The summed E-state index contributed by atoms with van der Waals surface area (Å²) < 4.78 is 26.6. The lowest BCUT2D eigenvalue weighted by molar-refractivity contribution is -0.0170. The van der Waals surface area contributed by atoms with Crippen molar-refractivity contribution in [2.45, 2.75) is 57.5 Å². The fraction of sp³-hybridized carbons (Fsp3) is 0.407. The van der Waals surface area contributed by atoms with Crippen LogP contribution in [0.15, 0.2) is 53.4 Å². The Balaban J connectivity index is 1.87. The second-order valence-corrected chi connectivity index (χ2v) is 11.0. The molecule has 1 aromatic heterocycles. The van der Waals surface area contributed by atoms with Gasteiger partial charge >= 0.3 is 0 Å². The van der Waals surface area contributed by atoms with E-state index in [1.165, 1.54) is 17.5 Å². The number of methoxy groups -OCH3 is 1. The van der Waals surface area contributed by atoms with Crippen LogP contribution in [0.3, 0.4) is 0 Å². The van der Waals surface area contributed by atoms with Crippen molar-refractivity contribution in [3.8, 4) is 23.1 Å². The van der Waals surface area contributed by atoms with Crippen LogP contribution in [0.5, 0.6) is 23.1 Å². The summed E-state index contributed by atoms with van der Waals surface area (Å²) in [5.41, 5.74) is 7.08. The number of para-hydroxylation sites is 2. The molecule has 0 fully saturated rings. The van der Waals surface area contributed by atoms with Crippen LogP contribution < -0.4 is 24.7 Å². The fourth-order valence-electron chi connectivity index (χ4n) is 3.13. The van der Waals surface area contributed by atoms with Gasteiger partial charge in [0.2, 0.25) is 11.7 Å². The fourth-order valence-corrected chi connectivity index (χ4v) is 3.76. The Morgan fingerprint density at radius 1 is 0.889 bits per heavy atom. The third-order valence-corrected chi connectivity index (χ3v) is 5.78. The Kier molecular flexibility index (Phi) is 8.92. The van der Waals surface area contributed by atoms with Crippen molar-refractivity contribution in [2.75, 3.05) is 30.8 Å². The third-order valence-electron chi connectivity index (χ3n) is 4.98. The zero-order chi connectivity index (χ0) is 26.3. The highest BCUT2D eigenvalue weighted by Crippen LogP contribution is 2.41. The van der Waals surface area contributed by atoms with Crippen LogP contribution >= 0.6 is 11.9 Å². The number of hydrogen-bond acceptors (Lipinski definition) is 9. The zero-order valence-electron chi connectivity index (χ0n) is 22.0. The normalized spacial score (nSPS) is 11.8.